The van der Waals surface area contributed by atoms with Crippen LogP contribution in [0.15, 0.2) is 0 Å². The summed E-state index contributed by atoms with van der Waals surface area (Å²) < 4.78 is 0. The Kier molecular flexibility index (Phi) is 3.73. The fraction of sp³-hybridized carbons (Fsp3) is 0.909. The number of amides is 1. The first-order chi connectivity index (χ1) is 6.81. The third-order valence-corrected chi connectivity index (χ3v) is 2.77. The van der Waals surface area contributed by atoms with Gasteiger partial charge in [-0.1, -0.05) is 12.8 Å². The van der Waals surface area contributed by atoms with E-state index in [4.69, 9.17) is 5.73 Å². The van der Waals surface area contributed by atoms with Gasteiger partial charge in [0.15, 0.2) is 0 Å². The smallest absolute Gasteiger partial charge is 0.221 e. The average Bonchev–Trinajstić information content (AvgIpc) is 2.47. The lowest BCUT2D eigenvalue weighted by atomic mass is 10.0. The molecule has 88 valence electrons. The molecule has 1 aliphatic carbocycles. The van der Waals surface area contributed by atoms with Crippen LogP contribution in [0.4, 0.5) is 0 Å². The summed E-state index contributed by atoms with van der Waals surface area (Å²) >= 11 is 0. The second-order valence-corrected chi connectivity index (χ2v) is 5.37. The van der Waals surface area contributed by atoms with Crippen LogP contribution in [-0.2, 0) is 4.79 Å². The monoisotopic (exact) mass is 214 g/mol. The molecule has 0 saturated heterocycles. The Morgan fingerprint density at radius 1 is 1.47 bits per heavy atom. The number of nitrogens with one attached hydrogen (secondary N) is 1. The zero-order chi connectivity index (χ0) is 11.5. The van der Waals surface area contributed by atoms with Gasteiger partial charge in [0.2, 0.25) is 5.91 Å². The molecule has 1 aliphatic rings. The number of nitrogens with two attached hydrogens (primary N) is 1. The number of rotatable bonds is 4. The fourth-order valence-electron chi connectivity index (χ4n) is 1.95. The van der Waals surface area contributed by atoms with Gasteiger partial charge < -0.3 is 16.2 Å². The maximum Gasteiger partial charge on any atom is 0.221 e. The molecular weight excluding hydrogens is 192 g/mol. The molecule has 0 spiro atoms. The van der Waals surface area contributed by atoms with Crippen molar-refractivity contribution in [2.75, 3.05) is 6.54 Å². The van der Waals surface area contributed by atoms with Crippen molar-refractivity contribution in [3.05, 3.63) is 0 Å². The van der Waals surface area contributed by atoms with E-state index in [0.717, 1.165) is 25.7 Å². The fourth-order valence-corrected chi connectivity index (χ4v) is 1.95. The summed E-state index contributed by atoms with van der Waals surface area (Å²) in [7, 11) is 0. The second-order valence-electron chi connectivity index (χ2n) is 5.37. The van der Waals surface area contributed by atoms with E-state index in [1.807, 2.05) is 13.8 Å². The number of carbonyl (C=O) groups is 1. The molecule has 0 aromatic heterocycles. The van der Waals surface area contributed by atoms with Gasteiger partial charge in [0, 0.05) is 18.5 Å². The minimum absolute atomic E-state index is 0.0807. The quantitative estimate of drug-likeness (QED) is 0.639. The molecule has 0 bridgehead atoms. The van der Waals surface area contributed by atoms with Crippen molar-refractivity contribution in [2.24, 2.45) is 5.73 Å². The second kappa shape index (κ2) is 4.49. The zero-order valence-corrected chi connectivity index (χ0v) is 9.68. The third kappa shape index (κ3) is 4.62. The maximum atomic E-state index is 11.5. The largest absolute Gasteiger partial charge is 0.388 e. The molecule has 0 aliphatic heterocycles. The van der Waals surface area contributed by atoms with Crippen molar-refractivity contribution in [1.82, 2.24) is 5.32 Å². The van der Waals surface area contributed by atoms with Crippen LogP contribution in [0.3, 0.4) is 0 Å². The topological polar surface area (TPSA) is 75.4 Å². The predicted octanol–water partition coefficient (Wildman–Crippen LogP) is 0.535. The van der Waals surface area contributed by atoms with Crippen molar-refractivity contribution in [3.8, 4) is 0 Å². The highest BCUT2D eigenvalue weighted by Gasteiger charge is 2.31. The van der Waals surface area contributed by atoms with Gasteiger partial charge >= 0.3 is 0 Å². The number of hydrogen-bond acceptors (Lipinski definition) is 3. The minimum Gasteiger partial charge on any atom is -0.388 e. The van der Waals surface area contributed by atoms with Gasteiger partial charge in [-0.25, -0.2) is 0 Å². The number of carbonyl (C=O) groups excluding carboxylic acids is 1. The molecular formula is C11H22N2O2. The highest BCUT2D eigenvalue weighted by atomic mass is 16.3. The summed E-state index contributed by atoms with van der Waals surface area (Å²) in [5, 5.41) is 12.7. The molecule has 0 aromatic carbocycles. The standard InChI is InChI=1S/C11H22N2O2/c1-10(2,12)7-9(14)13-8-11(15)5-3-4-6-11/h15H,3-8,12H2,1-2H3,(H,13,14). The lowest BCUT2D eigenvalue weighted by Gasteiger charge is -2.24. The van der Waals surface area contributed by atoms with Gasteiger partial charge in [-0.2, -0.15) is 0 Å². The van der Waals surface area contributed by atoms with Crippen LogP contribution in [0, 0.1) is 0 Å². The normalized spacial score (nSPS) is 20.3. The van der Waals surface area contributed by atoms with Crippen LogP contribution >= 0.6 is 0 Å². The molecule has 15 heavy (non-hydrogen) atoms. The maximum absolute atomic E-state index is 11.5. The van der Waals surface area contributed by atoms with Crippen LogP contribution < -0.4 is 11.1 Å². The van der Waals surface area contributed by atoms with Gasteiger partial charge in [0.25, 0.3) is 0 Å². The summed E-state index contributed by atoms with van der Waals surface area (Å²) in [4.78, 5) is 11.5. The minimum atomic E-state index is -0.672. The first kappa shape index (κ1) is 12.5. The van der Waals surface area contributed by atoms with E-state index < -0.39 is 11.1 Å². The van der Waals surface area contributed by atoms with Crippen LogP contribution in [0.5, 0.6) is 0 Å². The number of hydrogen-bond donors (Lipinski definition) is 3. The van der Waals surface area contributed by atoms with E-state index in [0.29, 0.717) is 13.0 Å². The SMILES string of the molecule is CC(C)(N)CC(=O)NCC1(O)CCCC1. The Morgan fingerprint density at radius 3 is 2.47 bits per heavy atom. The summed E-state index contributed by atoms with van der Waals surface area (Å²) in [6, 6.07) is 0. The molecule has 4 N–H and O–H groups in total. The molecule has 0 unspecified atom stereocenters. The Balaban J connectivity index is 2.28. The molecule has 0 aromatic rings. The van der Waals surface area contributed by atoms with Crippen LogP contribution in [0.2, 0.25) is 0 Å². The molecule has 1 amide bonds. The molecule has 1 rings (SSSR count). The molecule has 0 radical (unpaired) electrons. The summed E-state index contributed by atoms with van der Waals surface area (Å²) in [6.45, 7) is 4.00. The molecule has 1 fully saturated rings. The van der Waals surface area contributed by atoms with Gasteiger partial charge in [-0.05, 0) is 26.7 Å². The lowest BCUT2D eigenvalue weighted by Crippen LogP contribution is -2.44. The van der Waals surface area contributed by atoms with Crippen LogP contribution in [0.1, 0.15) is 46.0 Å². The van der Waals surface area contributed by atoms with E-state index in [1.165, 1.54) is 0 Å². The molecule has 1 saturated carbocycles. The van der Waals surface area contributed by atoms with E-state index in [-0.39, 0.29) is 5.91 Å². The van der Waals surface area contributed by atoms with Crippen molar-refractivity contribution >= 4 is 5.91 Å². The van der Waals surface area contributed by atoms with Gasteiger partial charge in [-0.15, -0.1) is 0 Å². The van der Waals surface area contributed by atoms with E-state index in [1.54, 1.807) is 0 Å². The van der Waals surface area contributed by atoms with Crippen molar-refractivity contribution in [3.63, 3.8) is 0 Å². The Labute approximate surface area is 91.2 Å². The molecule has 4 heteroatoms. The molecule has 0 atom stereocenters. The average molecular weight is 214 g/mol. The van der Waals surface area contributed by atoms with E-state index in [9.17, 15) is 9.90 Å². The highest BCUT2D eigenvalue weighted by molar-refractivity contribution is 5.77. The van der Waals surface area contributed by atoms with Gasteiger partial charge in [0.05, 0.1) is 5.60 Å². The summed E-state index contributed by atoms with van der Waals surface area (Å²) in [5.74, 6) is -0.0807. The summed E-state index contributed by atoms with van der Waals surface area (Å²) in [6.07, 6.45) is 3.98. The number of aliphatic hydroxyl groups is 1. The van der Waals surface area contributed by atoms with Crippen LogP contribution in [0.25, 0.3) is 0 Å². The van der Waals surface area contributed by atoms with Gasteiger partial charge in [-0.3, -0.25) is 4.79 Å². The van der Waals surface area contributed by atoms with Crippen LogP contribution in [-0.4, -0.2) is 28.7 Å². The molecule has 0 heterocycles. The Hall–Kier alpha value is -0.610. The first-order valence-electron chi connectivity index (χ1n) is 5.59. The van der Waals surface area contributed by atoms with Crippen molar-refractivity contribution in [1.29, 1.82) is 0 Å². The predicted molar refractivity (Wildman–Crippen MR) is 59.3 cm³/mol. The highest BCUT2D eigenvalue weighted by Crippen LogP contribution is 2.28. The van der Waals surface area contributed by atoms with E-state index >= 15 is 0 Å². The lowest BCUT2D eigenvalue weighted by molar-refractivity contribution is -0.123. The van der Waals surface area contributed by atoms with Gasteiger partial charge in [0.1, 0.15) is 0 Å². The Bertz CT molecular complexity index is 227. The van der Waals surface area contributed by atoms with Crippen molar-refractivity contribution < 1.29 is 9.90 Å². The summed E-state index contributed by atoms with van der Waals surface area (Å²) in [5.41, 5.74) is 4.57. The van der Waals surface area contributed by atoms with E-state index in [2.05, 4.69) is 5.32 Å². The first-order valence-corrected chi connectivity index (χ1v) is 5.59. The van der Waals surface area contributed by atoms with Crippen molar-refractivity contribution in [2.45, 2.75) is 57.1 Å². The molecule has 4 nitrogen and oxygen atoms in total. The zero-order valence-electron chi connectivity index (χ0n) is 9.68. The third-order valence-electron chi connectivity index (χ3n) is 2.77. The Morgan fingerprint density at radius 2 is 2.00 bits per heavy atom.